The standard InChI is InChI=1S/C20H27N3O2/c1-4-24-14-19-22-18-13-21-17-8-6-5-7-16(17)20(18)23(19)10-12-25-11-9-15(2)3/h5-8,13,15H,4,9-12,14H2,1-3H3. The summed E-state index contributed by atoms with van der Waals surface area (Å²) in [4.78, 5) is 9.27. The first-order valence-corrected chi connectivity index (χ1v) is 9.09. The molecule has 0 radical (unpaired) electrons. The fourth-order valence-electron chi connectivity index (χ4n) is 2.93. The first-order chi connectivity index (χ1) is 12.2. The molecular weight excluding hydrogens is 314 g/mol. The van der Waals surface area contributed by atoms with Crippen LogP contribution in [0.15, 0.2) is 30.5 Å². The summed E-state index contributed by atoms with van der Waals surface area (Å²) >= 11 is 0. The Bertz CT molecular complexity index is 826. The highest BCUT2D eigenvalue weighted by Crippen LogP contribution is 2.25. The van der Waals surface area contributed by atoms with E-state index in [0.717, 1.165) is 47.3 Å². The van der Waals surface area contributed by atoms with E-state index in [4.69, 9.17) is 14.5 Å². The monoisotopic (exact) mass is 341 g/mol. The van der Waals surface area contributed by atoms with Crippen LogP contribution in [0.5, 0.6) is 0 Å². The topological polar surface area (TPSA) is 49.2 Å². The van der Waals surface area contributed by atoms with Crippen molar-refractivity contribution < 1.29 is 9.47 Å². The van der Waals surface area contributed by atoms with Crippen LogP contribution in [0.25, 0.3) is 21.9 Å². The summed E-state index contributed by atoms with van der Waals surface area (Å²) in [7, 11) is 0. The van der Waals surface area contributed by atoms with E-state index in [2.05, 4.69) is 29.5 Å². The molecule has 3 aromatic rings. The van der Waals surface area contributed by atoms with Crippen molar-refractivity contribution in [2.75, 3.05) is 19.8 Å². The quantitative estimate of drug-likeness (QED) is 0.548. The molecule has 25 heavy (non-hydrogen) atoms. The molecule has 3 rings (SSSR count). The molecule has 134 valence electrons. The van der Waals surface area contributed by atoms with Crippen molar-refractivity contribution in [3.63, 3.8) is 0 Å². The van der Waals surface area contributed by atoms with Crippen LogP contribution in [-0.2, 0) is 22.6 Å². The molecular formula is C20H27N3O2. The van der Waals surface area contributed by atoms with Crippen LogP contribution in [0.1, 0.15) is 33.0 Å². The molecule has 1 aromatic carbocycles. The molecule has 0 unspecified atom stereocenters. The van der Waals surface area contributed by atoms with E-state index in [1.54, 1.807) is 0 Å². The average molecular weight is 341 g/mol. The lowest BCUT2D eigenvalue weighted by Gasteiger charge is -2.11. The second kappa shape index (κ2) is 8.41. The molecule has 0 amide bonds. The van der Waals surface area contributed by atoms with Crippen molar-refractivity contribution in [2.24, 2.45) is 5.92 Å². The summed E-state index contributed by atoms with van der Waals surface area (Å²) in [6, 6.07) is 8.19. The number of benzene rings is 1. The minimum Gasteiger partial charge on any atom is -0.380 e. The van der Waals surface area contributed by atoms with E-state index in [1.165, 1.54) is 0 Å². The number of fused-ring (bicyclic) bond motifs is 3. The highest BCUT2D eigenvalue weighted by atomic mass is 16.5. The first-order valence-electron chi connectivity index (χ1n) is 9.09. The van der Waals surface area contributed by atoms with Crippen LogP contribution in [0.4, 0.5) is 0 Å². The Hall–Kier alpha value is -1.98. The van der Waals surface area contributed by atoms with E-state index in [0.29, 0.717) is 25.7 Å². The number of rotatable bonds is 9. The Morgan fingerprint density at radius 3 is 2.72 bits per heavy atom. The number of imidazole rings is 1. The molecule has 0 atom stereocenters. The van der Waals surface area contributed by atoms with E-state index < -0.39 is 0 Å². The van der Waals surface area contributed by atoms with Crippen molar-refractivity contribution >= 4 is 21.9 Å². The minimum atomic E-state index is 0.505. The van der Waals surface area contributed by atoms with Crippen molar-refractivity contribution in [3.05, 3.63) is 36.3 Å². The second-order valence-corrected chi connectivity index (χ2v) is 6.62. The zero-order valence-corrected chi connectivity index (χ0v) is 15.4. The number of ether oxygens (including phenoxy) is 2. The molecule has 0 aliphatic carbocycles. The molecule has 0 N–H and O–H groups in total. The predicted octanol–water partition coefficient (Wildman–Crippen LogP) is 4.18. The van der Waals surface area contributed by atoms with Gasteiger partial charge in [0.2, 0.25) is 0 Å². The Morgan fingerprint density at radius 1 is 1.08 bits per heavy atom. The van der Waals surface area contributed by atoms with Crippen LogP contribution in [0.3, 0.4) is 0 Å². The minimum absolute atomic E-state index is 0.505. The number of aromatic nitrogens is 3. The predicted molar refractivity (Wildman–Crippen MR) is 101 cm³/mol. The lowest BCUT2D eigenvalue weighted by Crippen LogP contribution is -2.12. The van der Waals surface area contributed by atoms with E-state index in [-0.39, 0.29) is 0 Å². The maximum atomic E-state index is 5.83. The summed E-state index contributed by atoms with van der Waals surface area (Å²) in [5.74, 6) is 1.60. The third kappa shape index (κ3) is 4.17. The third-order valence-electron chi connectivity index (χ3n) is 4.29. The highest BCUT2D eigenvalue weighted by molar-refractivity contribution is 6.02. The maximum absolute atomic E-state index is 5.83. The molecule has 5 heteroatoms. The maximum Gasteiger partial charge on any atom is 0.136 e. The van der Waals surface area contributed by atoms with E-state index in [1.807, 2.05) is 31.3 Å². The zero-order chi connectivity index (χ0) is 17.6. The molecule has 2 aromatic heterocycles. The molecule has 0 aliphatic rings. The van der Waals surface area contributed by atoms with Gasteiger partial charge in [-0.15, -0.1) is 0 Å². The van der Waals surface area contributed by atoms with Crippen LogP contribution in [0.2, 0.25) is 0 Å². The molecule has 0 saturated heterocycles. The van der Waals surface area contributed by atoms with Gasteiger partial charge in [-0.3, -0.25) is 4.98 Å². The molecule has 0 aliphatic heterocycles. The fourth-order valence-corrected chi connectivity index (χ4v) is 2.93. The molecule has 0 fully saturated rings. The van der Waals surface area contributed by atoms with Gasteiger partial charge in [-0.2, -0.15) is 0 Å². The summed E-state index contributed by atoms with van der Waals surface area (Å²) in [6.45, 7) is 9.85. The molecule has 0 bridgehead atoms. The van der Waals surface area contributed by atoms with Gasteiger partial charge in [0, 0.05) is 25.1 Å². The Morgan fingerprint density at radius 2 is 1.92 bits per heavy atom. The average Bonchev–Trinajstić information content (AvgIpc) is 2.97. The van der Waals surface area contributed by atoms with Crippen LogP contribution < -0.4 is 0 Å². The lowest BCUT2D eigenvalue weighted by molar-refractivity contribution is 0.108. The molecule has 5 nitrogen and oxygen atoms in total. The summed E-state index contributed by atoms with van der Waals surface area (Å²) in [5.41, 5.74) is 3.02. The SMILES string of the molecule is CCOCc1nc2cnc3ccccc3c2n1CCOCCC(C)C. The first kappa shape index (κ1) is 17.8. The summed E-state index contributed by atoms with van der Waals surface area (Å²) in [5, 5.41) is 1.12. The Balaban J connectivity index is 1.90. The lowest BCUT2D eigenvalue weighted by atomic mass is 10.1. The number of hydrogen-bond acceptors (Lipinski definition) is 4. The highest BCUT2D eigenvalue weighted by Gasteiger charge is 2.14. The Kier molecular flexibility index (Phi) is 6.00. The molecule has 0 saturated carbocycles. The van der Waals surface area contributed by atoms with Crippen molar-refractivity contribution in [1.29, 1.82) is 0 Å². The van der Waals surface area contributed by atoms with Crippen LogP contribution in [-0.4, -0.2) is 34.4 Å². The fraction of sp³-hybridized carbons (Fsp3) is 0.500. The van der Waals surface area contributed by atoms with E-state index in [9.17, 15) is 0 Å². The van der Waals surface area contributed by atoms with Gasteiger partial charge in [-0.05, 0) is 25.3 Å². The van der Waals surface area contributed by atoms with Gasteiger partial charge in [0.05, 0.1) is 23.8 Å². The van der Waals surface area contributed by atoms with Gasteiger partial charge in [0.1, 0.15) is 17.9 Å². The second-order valence-electron chi connectivity index (χ2n) is 6.62. The van der Waals surface area contributed by atoms with Gasteiger partial charge in [0.15, 0.2) is 0 Å². The van der Waals surface area contributed by atoms with Gasteiger partial charge in [0.25, 0.3) is 0 Å². The van der Waals surface area contributed by atoms with E-state index >= 15 is 0 Å². The molecule has 2 heterocycles. The normalized spacial score (nSPS) is 11.8. The largest absolute Gasteiger partial charge is 0.380 e. The Labute approximate surface area is 149 Å². The summed E-state index contributed by atoms with van der Waals surface area (Å²) in [6.07, 6.45) is 2.94. The van der Waals surface area contributed by atoms with Gasteiger partial charge in [-0.25, -0.2) is 4.98 Å². The summed E-state index contributed by atoms with van der Waals surface area (Å²) < 4.78 is 13.7. The number of hydrogen-bond donors (Lipinski definition) is 0. The number of pyridine rings is 1. The number of nitrogens with zero attached hydrogens (tertiary/aromatic N) is 3. The van der Waals surface area contributed by atoms with Crippen LogP contribution >= 0.6 is 0 Å². The van der Waals surface area contributed by atoms with Crippen molar-refractivity contribution in [3.8, 4) is 0 Å². The van der Waals surface area contributed by atoms with Crippen molar-refractivity contribution in [1.82, 2.24) is 14.5 Å². The number of para-hydroxylation sites is 1. The molecule has 0 spiro atoms. The zero-order valence-electron chi connectivity index (χ0n) is 15.4. The van der Waals surface area contributed by atoms with Gasteiger partial charge in [-0.1, -0.05) is 32.0 Å². The van der Waals surface area contributed by atoms with Gasteiger partial charge >= 0.3 is 0 Å². The third-order valence-corrected chi connectivity index (χ3v) is 4.29. The van der Waals surface area contributed by atoms with Gasteiger partial charge < -0.3 is 14.0 Å². The van der Waals surface area contributed by atoms with Crippen LogP contribution in [0, 0.1) is 5.92 Å². The van der Waals surface area contributed by atoms with Crippen molar-refractivity contribution in [2.45, 2.75) is 40.3 Å². The smallest absolute Gasteiger partial charge is 0.136 e.